The number of carbonyl (C=O) groups excluding carboxylic acids is 2. The van der Waals surface area contributed by atoms with E-state index < -0.39 is 17.8 Å². The topological polar surface area (TPSA) is 110 Å². The lowest BCUT2D eigenvalue weighted by Crippen LogP contribution is -2.29. The van der Waals surface area contributed by atoms with Crippen molar-refractivity contribution in [2.45, 2.75) is 0 Å². The van der Waals surface area contributed by atoms with Crippen LogP contribution in [0.3, 0.4) is 0 Å². The average molecular weight is 374 g/mol. The number of rotatable bonds is 4. The van der Waals surface area contributed by atoms with Crippen LogP contribution in [0.2, 0.25) is 0 Å². The zero-order valence-electron chi connectivity index (χ0n) is 14.5. The molecule has 7 heteroatoms. The fourth-order valence-corrected chi connectivity index (χ4v) is 2.98. The first-order valence-corrected chi connectivity index (χ1v) is 8.33. The standard InChI is InChI=1S/C21H14N2O5/c22-13-2-1-3-14(10-13)23-19(24)17-9-8-16(11-18(17)20(23)25)28-15-6-4-12(5-7-15)21(26)27/h1-11H,22H2,(H,26,27). The summed E-state index contributed by atoms with van der Waals surface area (Å²) in [5.74, 6) is -1.15. The number of hydrogen-bond donors (Lipinski definition) is 2. The van der Waals surface area contributed by atoms with E-state index in [0.29, 0.717) is 22.9 Å². The van der Waals surface area contributed by atoms with Crippen molar-refractivity contribution >= 4 is 29.2 Å². The van der Waals surface area contributed by atoms with Gasteiger partial charge in [-0.3, -0.25) is 9.59 Å². The van der Waals surface area contributed by atoms with Crippen LogP contribution in [0.15, 0.2) is 66.7 Å². The largest absolute Gasteiger partial charge is 0.478 e. The third-order valence-corrected chi connectivity index (χ3v) is 4.32. The first kappa shape index (κ1) is 17.3. The molecule has 0 saturated carbocycles. The molecule has 0 bridgehead atoms. The predicted molar refractivity (Wildman–Crippen MR) is 102 cm³/mol. The van der Waals surface area contributed by atoms with Gasteiger partial charge in [-0.15, -0.1) is 0 Å². The van der Waals surface area contributed by atoms with Crippen molar-refractivity contribution in [3.63, 3.8) is 0 Å². The zero-order chi connectivity index (χ0) is 19.8. The molecule has 1 aliphatic heterocycles. The Kier molecular flexibility index (Phi) is 4.04. The van der Waals surface area contributed by atoms with Crippen molar-refractivity contribution in [2.75, 3.05) is 10.6 Å². The number of anilines is 2. The molecule has 3 N–H and O–H groups in total. The lowest BCUT2D eigenvalue weighted by molar-refractivity contribution is 0.0696. The maximum atomic E-state index is 12.8. The van der Waals surface area contributed by atoms with E-state index in [2.05, 4.69) is 0 Å². The van der Waals surface area contributed by atoms with E-state index >= 15 is 0 Å². The van der Waals surface area contributed by atoms with Crippen molar-refractivity contribution in [3.8, 4) is 11.5 Å². The van der Waals surface area contributed by atoms with E-state index in [9.17, 15) is 14.4 Å². The molecule has 4 rings (SSSR count). The minimum absolute atomic E-state index is 0.139. The summed E-state index contributed by atoms with van der Waals surface area (Å²) >= 11 is 0. The minimum atomic E-state index is -1.03. The Bertz CT molecular complexity index is 1120. The molecular formula is C21H14N2O5. The number of carboxylic acids is 1. The van der Waals surface area contributed by atoms with Crippen LogP contribution in [0.1, 0.15) is 31.1 Å². The SMILES string of the molecule is Nc1cccc(N2C(=O)c3ccc(Oc4ccc(C(=O)O)cc4)cc3C2=O)c1. The molecule has 3 aromatic rings. The van der Waals surface area contributed by atoms with Crippen LogP contribution >= 0.6 is 0 Å². The molecule has 0 radical (unpaired) electrons. The maximum Gasteiger partial charge on any atom is 0.335 e. The highest BCUT2D eigenvalue weighted by Gasteiger charge is 2.37. The first-order chi connectivity index (χ1) is 13.4. The van der Waals surface area contributed by atoms with Gasteiger partial charge in [-0.1, -0.05) is 6.07 Å². The molecule has 0 aliphatic carbocycles. The Morgan fingerprint density at radius 2 is 1.54 bits per heavy atom. The van der Waals surface area contributed by atoms with Crippen molar-refractivity contribution in [1.82, 2.24) is 0 Å². The average Bonchev–Trinajstić information content (AvgIpc) is 2.92. The molecule has 138 valence electrons. The quantitative estimate of drug-likeness (QED) is 0.534. The van der Waals surface area contributed by atoms with Gasteiger partial charge in [0.15, 0.2) is 0 Å². The summed E-state index contributed by atoms with van der Waals surface area (Å²) in [5.41, 5.74) is 7.25. The Balaban J connectivity index is 1.62. The number of imide groups is 1. The number of nitrogen functional groups attached to an aromatic ring is 1. The highest BCUT2D eigenvalue weighted by Crippen LogP contribution is 2.32. The number of hydrogen-bond acceptors (Lipinski definition) is 5. The number of ether oxygens (including phenoxy) is 1. The third kappa shape index (κ3) is 2.95. The van der Waals surface area contributed by atoms with Crippen LogP contribution in [0.25, 0.3) is 0 Å². The number of nitrogens with two attached hydrogens (primary N) is 1. The van der Waals surface area contributed by atoms with E-state index in [-0.39, 0.29) is 16.7 Å². The molecule has 0 aromatic heterocycles. The number of fused-ring (bicyclic) bond motifs is 1. The molecule has 7 nitrogen and oxygen atoms in total. The van der Waals surface area contributed by atoms with E-state index in [0.717, 1.165) is 4.90 Å². The number of aromatic carboxylic acids is 1. The summed E-state index contributed by atoms with van der Waals surface area (Å²) in [6, 6.07) is 17.0. The van der Waals surface area contributed by atoms with Gasteiger partial charge in [-0.25, -0.2) is 9.69 Å². The van der Waals surface area contributed by atoms with Crippen molar-refractivity contribution in [3.05, 3.63) is 83.4 Å². The van der Waals surface area contributed by atoms with Gasteiger partial charge in [0.25, 0.3) is 11.8 Å². The fraction of sp³-hybridized carbons (Fsp3) is 0. The molecule has 0 atom stereocenters. The van der Waals surface area contributed by atoms with E-state index in [1.165, 1.54) is 36.4 Å². The molecule has 0 unspecified atom stereocenters. The van der Waals surface area contributed by atoms with Gasteiger partial charge >= 0.3 is 5.97 Å². The number of amides is 2. The molecular weight excluding hydrogens is 360 g/mol. The first-order valence-electron chi connectivity index (χ1n) is 8.33. The van der Waals surface area contributed by atoms with Crippen molar-refractivity contribution < 1.29 is 24.2 Å². The molecule has 1 heterocycles. The number of carboxylic acid groups (broad SMARTS) is 1. The Morgan fingerprint density at radius 1 is 0.857 bits per heavy atom. The number of nitrogens with zero attached hydrogens (tertiary/aromatic N) is 1. The van der Waals surface area contributed by atoms with Gasteiger partial charge in [0.05, 0.1) is 22.4 Å². The normalized spacial score (nSPS) is 12.8. The Hall–Kier alpha value is -4.13. The van der Waals surface area contributed by atoms with Crippen LogP contribution in [0.4, 0.5) is 11.4 Å². The molecule has 0 spiro atoms. The van der Waals surface area contributed by atoms with Crippen molar-refractivity contribution in [1.29, 1.82) is 0 Å². The molecule has 1 aliphatic rings. The van der Waals surface area contributed by atoms with Crippen LogP contribution < -0.4 is 15.4 Å². The molecule has 3 aromatic carbocycles. The Morgan fingerprint density at radius 3 is 2.21 bits per heavy atom. The number of carbonyl (C=O) groups is 3. The predicted octanol–water partition coefficient (Wildman–Crippen LogP) is 3.56. The third-order valence-electron chi connectivity index (χ3n) is 4.32. The van der Waals surface area contributed by atoms with Gasteiger partial charge < -0.3 is 15.6 Å². The maximum absolute atomic E-state index is 12.8. The van der Waals surface area contributed by atoms with Gasteiger partial charge in [0.2, 0.25) is 0 Å². The fourth-order valence-electron chi connectivity index (χ4n) is 2.98. The second kappa shape index (κ2) is 6.55. The molecule has 0 fully saturated rings. The zero-order valence-corrected chi connectivity index (χ0v) is 14.5. The van der Waals surface area contributed by atoms with Gasteiger partial charge in [-0.2, -0.15) is 0 Å². The van der Waals surface area contributed by atoms with E-state index in [1.54, 1.807) is 30.3 Å². The minimum Gasteiger partial charge on any atom is -0.478 e. The summed E-state index contributed by atoms with van der Waals surface area (Å²) in [6.45, 7) is 0. The highest BCUT2D eigenvalue weighted by molar-refractivity contribution is 6.34. The monoisotopic (exact) mass is 374 g/mol. The second-order valence-electron chi connectivity index (χ2n) is 6.18. The summed E-state index contributed by atoms with van der Waals surface area (Å²) < 4.78 is 5.69. The highest BCUT2D eigenvalue weighted by atomic mass is 16.5. The van der Waals surface area contributed by atoms with Crippen molar-refractivity contribution in [2.24, 2.45) is 0 Å². The lowest BCUT2D eigenvalue weighted by atomic mass is 10.1. The van der Waals surface area contributed by atoms with Gasteiger partial charge in [-0.05, 0) is 60.7 Å². The van der Waals surface area contributed by atoms with Gasteiger partial charge in [0, 0.05) is 5.69 Å². The summed E-state index contributed by atoms with van der Waals surface area (Å²) in [6.07, 6.45) is 0. The lowest BCUT2D eigenvalue weighted by Gasteiger charge is -2.14. The molecule has 28 heavy (non-hydrogen) atoms. The Labute approximate surface area is 159 Å². The van der Waals surface area contributed by atoms with Crippen LogP contribution in [0.5, 0.6) is 11.5 Å². The second-order valence-corrected chi connectivity index (χ2v) is 6.18. The molecule has 2 amide bonds. The number of benzene rings is 3. The smallest absolute Gasteiger partial charge is 0.335 e. The van der Waals surface area contributed by atoms with Crippen LogP contribution in [-0.2, 0) is 0 Å². The molecule has 0 saturated heterocycles. The summed E-state index contributed by atoms with van der Waals surface area (Å²) in [5, 5.41) is 8.94. The van der Waals surface area contributed by atoms with Gasteiger partial charge in [0.1, 0.15) is 11.5 Å². The van der Waals surface area contributed by atoms with Crippen LogP contribution in [-0.4, -0.2) is 22.9 Å². The van der Waals surface area contributed by atoms with E-state index in [1.807, 2.05) is 0 Å². The summed E-state index contributed by atoms with van der Waals surface area (Å²) in [4.78, 5) is 37.4. The van der Waals surface area contributed by atoms with Crippen LogP contribution in [0, 0.1) is 0 Å². The summed E-state index contributed by atoms with van der Waals surface area (Å²) in [7, 11) is 0. The van der Waals surface area contributed by atoms with E-state index in [4.69, 9.17) is 15.6 Å².